The smallest absolute Gasteiger partial charge is 0.227 e. The van der Waals surface area contributed by atoms with Gasteiger partial charge in [0.2, 0.25) is 11.9 Å². The highest BCUT2D eigenvalue weighted by atomic mass is 35.5. The van der Waals surface area contributed by atoms with Crippen molar-refractivity contribution in [2.75, 3.05) is 80.4 Å². The van der Waals surface area contributed by atoms with Crippen molar-refractivity contribution in [2.24, 2.45) is 0 Å². The third-order valence-electron chi connectivity index (χ3n) is 6.59. The van der Waals surface area contributed by atoms with Gasteiger partial charge in [0.1, 0.15) is 10.7 Å². The first-order valence-electron chi connectivity index (χ1n) is 11.9. The number of fused-ring (bicyclic) bond motifs is 1. The fourth-order valence-corrected chi connectivity index (χ4v) is 5.93. The predicted molar refractivity (Wildman–Crippen MR) is 133 cm³/mol. The lowest BCUT2D eigenvalue weighted by Gasteiger charge is -2.35. The van der Waals surface area contributed by atoms with Crippen molar-refractivity contribution < 1.29 is 8.95 Å². The molecule has 0 aromatic carbocycles. The quantitative estimate of drug-likeness (QED) is 0.593. The minimum absolute atomic E-state index is 0.296. The Balaban J connectivity index is 1.19. The molecule has 12 heteroatoms. The van der Waals surface area contributed by atoms with E-state index in [1.807, 2.05) is 7.05 Å². The van der Waals surface area contributed by atoms with Crippen LogP contribution in [0.1, 0.15) is 18.5 Å². The van der Waals surface area contributed by atoms with E-state index < -0.39 is 10.8 Å². The lowest BCUT2D eigenvalue weighted by molar-refractivity contribution is 0.0903. The number of aromatic nitrogens is 4. The minimum atomic E-state index is -1.03. The number of ether oxygens (including phenoxy) is 1. The number of nitrogens with one attached hydrogen (secondary N) is 1. The summed E-state index contributed by atoms with van der Waals surface area (Å²) in [6, 6.07) is 0.296. The number of hydrogen-bond acceptors (Lipinski definition) is 10. The van der Waals surface area contributed by atoms with Gasteiger partial charge in [0.15, 0.2) is 0 Å². The van der Waals surface area contributed by atoms with Crippen LogP contribution in [0.4, 0.5) is 17.7 Å². The first kappa shape index (κ1) is 23.7. The Hall–Kier alpha value is -2.08. The molecule has 5 heterocycles. The predicted octanol–water partition coefficient (Wildman–Crippen LogP) is 1.43. The first-order chi connectivity index (χ1) is 16.6. The van der Waals surface area contributed by atoms with E-state index in [-0.39, 0.29) is 0 Å². The minimum Gasteiger partial charge on any atom is -0.381 e. The molecule has 34 heavy (non-hydrogen) atoms. The van der Waals surface area contributed by atoms with Crippen LogP contribution >= 0.6 is 11.6 Å². The maximum absolute atomic E-state index is 12.6. The molecule has 0 saturated carbocycles. The number of hydrogen-bond donors (Lipinski definition) is 1. The van der Waals surface area contributed by atoms with Gasteiger partial charge in [-0.05, 0) is 12.8 Å². The molecular formula is C22H31ClN8O2S. The van der Waals surface area contributed by atoms with Crippen LogP contribution in [0.3, 0.4) is 0 Å². The van der Waals surface area contributed by atoms with E-state index in [0.29, 0.717) is 22.8 Å². The van der Waals surface area contributed by atoms with E-state index in [0.717, 1.165) is 94.1 Å². The third kappa shape index (κ3) is 5.42. The van der Waals surface area contributed by atoms with Gasteiger partial charge >= 0.3 is 0 Å². The SMILES string of the molecule is CN(CCN1CCN(c2ncc(Cl)cn2)CC1)c1nc2c(c(NC3CCOCC3)n1)[S@](=O)CC2. The Labute approximate surface area is 207 Å². The molecule has 3 aliphatic heterocycles. The largest absolute Gasteiger partial charge is 0.381 e. The van der Waals surface area contributed by atoms with Gasteiger partial charge in [-0.25, -0.2) is 15.0 Å². The molecule has 0 unspecified atom stereocenters. The molecule has 0 aliphatic carbocycles. The van der Waals surface area contributed by atoms with Crippen LogP contribution in [-0.4, -0.2) is 100 Å². The number of aryl methyl sites for hydroxylation is 1. The Morgan fingerprint density at radius 1 is 1.18 bits per heavy atom. The van der Waals surface area contributed by atoms with Gasteiger partial charge in [0.25, 0.3) is 0 Å². The molecule has 0 radical (unpaired) electrons. The van der Waals surface area contributed by atoms with Crippen molar-refractivity contribution >= 4 is 40.1 Å². The number of halogens is 1. The summed E-state index contributed by atoms with van der Waals surface area (Å²) in [5, 5.41) is 4.10. The van der Waals surface area contributed by atoms with Gasteiger partial charge in [-0.2, -0.15) is 4.98 Å². The molecule has 0 spiro atoms. The molecule has 5 rings (SSSR count). The summed E-state index contributed by atoms with van der Waals surface area (Å²) in [4.78, 5) is 25.8. The topological polar surface area (TPSA) is 99.6 Å². The van der Waals surface area contributed by atoms with Crippen LogP contribution in [0.25, 0.3) is 0 Å². The van der Waals surface area contributed by atoms with E-state index in [1.165, 1.54) is 0 Å². The maximum atomic E-state index is 12.6. The highest BCUT2D eigenvalue weighted by molar-refractivity contribution is 7.85. The van der Waals surface area contributed by atoms with Gasteiger partial charge in [-0.1, -0.05) is 11.6 Å². The van der Waals surface area contributed by atoms with Crippen molar-refractivity contribution in [3.8, 4) is 0 Å². The summed E-state index contributed by atoms with van der Waals surface area (Å²) < 4.78 is 18.1. The van der Waals surface area contributed by atoms with Crippen molar-refractivity contribution in [3.05, 3.63) is 23.1 Å². The molecule has 2 saturated heterocycles. The molecule has 0 amide bonds. The Morgan fingerprint density at radius 3 is 2.65 bits per heavy atom. The number of anilines is 3. The summed E-state index contributed by atoms with van der Waals surface area (Å²) in [5.74, 6) is 2.79. The molecule has 184 valence electrons. The standard InChI is InChI=1S/C22H31ClN8O2S/c1-29(5-6-30-7-9-31(10-8-30)21-24-14-16(23)15-25-21)22-27-18-4-13-34(32)19(18)20(28-22)26-17-2-11-33-12-3-17/h14-15,17H,2-13H2,1H3,(H,26,27,28)/t34-/m1/s1. The number of likely N-dealkylation sites (N-methyl/N-ethyl adjacent to an activating group) is 1. The zero-order chi connectivity index (χ0) is 23.5. The molecule has 3 aliphatic rings. The Kier molecular flexibility index (Phi) is 7.43. The van der Waals surface area contributed by atoms with E-state index in [2.05, 4.69) is 30.0 Å². The van der Waals surface area contributed by atoms with Crippen LogP contribution < -0.4 is 15.1 Å². The molecule has 2 aromatic heterocycles. The normalized spacial score (nSPS) is 21.5. The Bertz CT molecular complexity index is 1010. The Morgan fingerprint density at radius 2 is 1.91 bits per heavy atom. The van der Waals surface area contributed by atoms with E-state index in [9.17, 15) is 4.21 Å². The molecule has 1 atom stereocenters. The van der Waals surface area contributed by atoms with Crippen molar-refractivity contribution in [2.45, 2.75) is 30.2 Å². The second-order valence-electron chi connectivity index (χ2n) is 8.93. The van der Waals surface area contributed by atoms with Crippen molar-refractivity contribution in [1.29, 1.82) is 0 Å². The first-order valence-corrected chi connectivity index (χ1v) is 13.6. The van der Waals surface area contributed by atoms with Crippen molar-refractivity contribution in [3.63, 3.8) is 0 Å². The van der Waals surface area contributed by atoms with Gasteiger partial charge in [-0.3, -0.25) is 9.11 Å². The summed E-state index contributed by atoms with van der Waals surface area (Å²) in [7, 11) is 1.00. The van der Waals surface area contributed by atoms with E-state index in [4.69, 9.17) is 26.3 Å². The second-order valence-corrected chi connectivity index (χ2v) is 10.9. The van der Waals surface area contributed by atoms with Gasteiger partial charge in [0.05, 0.1) is 33.9 Å². The average molecular weight is 507 g/mol. The van der Waals surface area contributed by atoms with E-state index in [1.54, 1.807) is 12.4 Å². The molecule has 10 nitrogen and oxygen atoms in total. The molecule has 2 aromatic rings. The van der Waals surface area contributed by atoms with Crippen LogP contribution in [0.15, 0.2) is 17.3 Å². The van der Waals surface area contributed by atoms with Crippen molar-refractivity contribution in [1.82, 2.24) is 24.8 Å². The zero-order valence-electron chi connectivity index (χ0n) is 19.5. The maximum Gasteiger partial charge on any atom is 0.227 e. The fraction of sp³-hybridized carbons (Fsp3) is 0.636. The highest BCUT2D eigenvalue weighted by Crippen LogP contribution is 2.31. The molecule has 2 fully saturated rings. The summed E-state index contributed by atoms with van der Waals surface area (Å²) in [6.07, 6.45) is 5.89. The summed E-state index contributed by atoms with van der Waals surface area (Å²) >= 11 is 5.90. The van der Waals surface area contributed by atoms with Crippen LogP contribution in [0.2, 0.25) is 5.02 Å². The monoisotopic (exact) mass is 506 g/mol. The molecule has 1 N–H and O–H groups in total. The van der Waals surface area contributed by atoms with Gasteiger partial charge in [-0.15, -0.1) is 0 Å². The zero-order valence-corrected chi connectivity index (χ0v) is 21.0. The molecular weight excluding hydrogens is 476 g/mol. The van der Waals surface area contributed by atoms with Gasteiger partial charge in [0, 0.05) is 77.7 Å². The van der Waals surface area contributed by atoms with Crippen LogP contribution in [0.5, 0.6) is 0 Å². The molecule has 0 bridgehead atoms. The number of piperazine rings is 1. The fourth-order valence-electron chi connectivity index (χ4n) is 4.52. The third-order valence-corrected chi connectivity index (χ3v) is 8.25. The van der Waals surface area contributed by atoms with E-state index >= 15 is 0 Å². The second kappa shape index (κ2) is 10.7. The summed E-state index contributed by atoms with van der Waals surface area (Å²) in [6.45, 7) is 6.88. The number of nitrogens with zero attached hydrogens (tertiary/aromatic N) is 7. The van der Waals surface area contributed by atoms with Gasteiger partial charge < -0.3 is 19.9 Å². The number of rotatable bonds is 7. The lowest BCUT2D eigenvalue weighted by atomic mass is 10.1. The summed E-state index contributed by atoms with van der Waals surface area (Å²) in [5.41, 5.74) is 0.918. The lowest BCUT2D eigenvalue weighted by Crippen LogP contribution is -2.48. The van der Waals surface area contributed by atoms with Crippen LogP contribution in [-0.2, 0) is 22.0 Å². The highest BCUT2D eigenvalue weighted by Gasteiger charge is 2.28. The average Bonchev–Trinajstić information content (AvgIpc) is 3.25. The van der Waals surface area contributed by atoms with Crippen LogP contribution in [0, 0.1) is 0 Å².